The summed E-state index contributed by atoms with van der Waals surface area (Å²) < 4.78 is 48.6. The summed E-state index contributed by atoms with van der Waals surface area (Å²) in [6.45, 7) is 5.38. The number of nitrogens with one attached hydrogen (secondary N) is 1. The highest BCUT2D eigenvalue weighted by Crippen LogP contribution is 2.33. The summed E-state index contributed by atoms with van der Waals surface area (Å²) in [7, 11) is 1.95. The maximum atomic E-state index is 12.6. The first kappa shape index (κ1) is 25.5. The largest absolute Gasteiger partial charge is 0.506 e. The van der Waals surface area contributed by atoms with Crippen LogP contribution in [0, 0.1) is 0 Å². The third kappa shape index (κ3) is 4.86. The summed E-state index contributed by atoms with van der Waals surface area (Å²) in [6.07, 6.45) is -5.31. The zero-order chi connectivity index (χ0) is 26.2. The number of ether oxygens (including phenoxy) is 2. The number of hydrogen-bond donors (Lipinski definition) is 2. The summed E-state index contributed by atoms with van der Waals surface area (Å²) in [4.78, 5) is 40.5. The highest BCUT2D eigenvalue weighted by molar-refractivity contribution is 6.00. The van der Waals surface area contributed by atoms with E-state index in [0.717, 1.165) is 36.2 Å². The standard InChI is InChI=1S/C24H24F3N3O6/c1-3-16-19(28-21(32)18(20(16)31)22(33)36-23(34)24(25,26)27)13-4-5-17-14(10-13)11-15(29(17)2)12-30-6-8-35-9-7-30/h4-5,10-11H,3,6-9,12H2,1-2H3,(H2,28,31,32). The molecular weight excluding hydrogens is 483 g/mol. The quantitative estimate of drug-likeness (QED) is 0.403. The van der Waals surface area contributed by atoms with Crippen LogP contribution in [0.2, 0.25) is 0 Å². The molecule has 1 fully saturated rings. The molecule has 0 aliphatic carbocycles. The van der Waals surface area contributed by atoms with E-state index in [1.54, 1.807) is 13.0 Å². The molecule has 1 aromatic carbocycles. The minimum Gasteiger partial charge on any atom is -0.506 e. The Kier molecular flexibility index (Phi) is 6.92. The van der Waals surface area contributed by atoms with Gasteiger partial charge in [0, 0.05) is 48.8 Å². The maximum Gasteiger partial charge on any atom is 0.491 e. The fourth-order valence-electron chi connectivity index (χ4n) is 4.30. The third-order valence-corrected chi connectivity index (χ3v) is 6.18. The molecule has 0 bridgehead atoms. The van der Waals surface area contributed by atoms with Crippen LogP contribution in [0.25, 0.3) is 22.2 Å². The topological polar surface area (TPSA) is 114 Å². The second-order valence-corrected chi connectivity index (χ2v) is 8.42. The lowest BCUT2D eigenvalue weighted by atomic mass is 9.99. The van der Waals surface area contributed by atoms with Gasteiger partial charge in [-0.05, 0) is 30.2 Å². The second kappa shape index (κ2) is 9.78. The van der Waals surface area contributed by atoms with Gasteiger partial charge in [-0.25, -0.2) is 9.59 Å². The number of pyridine rings is 1. The van der Waals surface area contributed by atoms with E-state index in [2.05, 4.69) is 19.2 Å². The van der Waals surface area contributed by atoms with Crippen molar-refractivity contribution < 1.29 is 37.3 Å². The first-order chi connectivity index (χ1) is 17.0. The van der Waals surface area contributed by atoms with E-state index >= 15 is 0 Å². The highest BCUT2D eigenvalue weighted by Gasteiger charge is 2.43. The van der Waals surface area contributed by atoms with Crippen molar-refractivity contribution in [3.05, 3.63) is 51.4 Å². The van der Waals surface area contributed by atoms with Gasteiger partial charge in [-0.3, -0.25) is 9.69 Å². The number of esters is 2. The Morgan fingerprint density at radius 3 is 2.53 bits per heavy atom. The molecule has 2 N–H and O–H groups in total. The zero-order valence-corrected chi connectivity index (χ0v) is 19.6. The monoisotopic (exact) mass is 507 g/mol. The summed E-state index contributed by atoms with van der Waals surface area (Å²) >= 11 is 0. The van der Waals surface area contributed by atoms with E-state index in [1.165, 1.54) is 0 Å². The Morgan fingerprint density at radius 2 is 1.89 bits per heavy atom. The van der Waals surface area contributed by atoms with Crippen molar-refractivity contribution in [1.29, 1.82) is 0 Å². The summed E-state index contributed by atoms with van der Waals surface area (Å²) in [5, 5.41) is 11.5. The molecule has 4 rings (SSSR count). The molecular formula is C24H24F3N3O6. The van der Waals surface area contributed by atoms with E-state index in [9.17, 15) is 32.7 Å². The van der Waals surface area contributed by atoms with Gasteiger partial charge in [0.2, 0.25) is 0 Å². The molecule has 12 heteroatoms. The molecule has 0 spiro atoms. The number of carbonyl (C=O) groups is 2. The molecule has 9 nitrogen and oxygen atoms in total. The number of fused-ring (bicyclic) bond motifs is 1. The molecule has 0 atom stereocenters. The number of aromatic nitrogens is 2. The Bertz CT molecular complexity index is 1390. The number of aromatic amines is 1. The van der Waals surface area contributed by atoms with Gasteiger partial charge in [0.15, 0.2) is 5.56 Å². The highest BCUT2D eigenvalue weighted by atomic mass is 19.4. The van der Waals surface area contributed by atoms with Gasteiger partial charge >= 0.3 is 18.1 Å². The summed E-state index contributed by atoms with van der Waals surface area (Å²) in [6, 6.07) is 7.42. The number of nitrogens with zero attached hydrogens (tertiary/aromatic N) is 2. The Labute approximate surface area is 203 Å². The van der Waals surface area contributed by atoms with E-state index in [0.29, 0.717) is 18.8 Å². The predicted molar refractivity (Wildman–Crippen MR) is 123 cm³/mol. The van der Waals surface area contributed by atoms with Crippen LogP contribution in [-0.2, 0) is 34.3 Å². The van der Waals surface area contributed by atoms with Crippen LogP contribution in [0.5, 0.6) is 5.75 Å². The summed E-state index contributed by atoms with van der Waals surface area (Å²) in [5.74, 6) is -5.50. The van der Waals surface area contributed by atoms with E-state index in [-0.39, 0.29) is 17.7 Å². The lowest BCUT2D eigenvalue weighted by Gasteiger charge is -2.26. The maximum absolute atomic E-state index is 12.6. The molecule has 3 heterocycles. The fraction of sp³-hybridized carbons (Fsp3) is 0.375. The van der Waals surface area contributed by atoms with Gasteiger partial charge in [0.05, 0.1) is 18.9 Å². The van der Waals surface area contributed by atoms with Crippen LogP contribution >= 0.6 is 0 Å². The molecule has 0 radical (unpaired) electrons. The Hall–Kier alpha value is -3.64. The summed E-state index contributed by atoms with van der Waals surface area (Å²) in [5.41, 5.74) is 0.620. The number of rotatable bonds is 5. The molecule has 1 aliphatic rings. The van der Waals surface area contributed by atoms with Gasteiger partial charge in [-0.1, -0.05) is 13.0 Å². The molecule has 1 saturated heterocycles. The van der Waals surface area contributed by atoms with Gasteiger partial charge in [-0.15, -0.1) is 0 Å². The lowest BCUT2D eigenvalue weighted by Crippen LogP contribution is -2.36. The smallest absolute Gasteiger partial charge is 0.491 e. The average molecular weight is 507 g/mol. The van der Waals surface area contributed by atoms with Crippen LogP contribution in [0.4, 0.5) is 13.2 Å². The molecule has 36 heavy (non-hydrogen) atoms. The molecule has 192 valence electrons. The molecule has 0 amide bonds. The molecule has 2 aromatic heterocycles. The normalized spacial score (nSPS) is 14.8. The van der Waals surface area contributed by atoms with Crippen molar-refractivity contribution in [2.24, 2.45) is 7.05 Å². The van der Waals surface area contributed by atoms with Crippen molar-refractivity contribution in [3.8, 4) is 17.0 Å². The third-order valence-electron chi connectivity index (χ3n) is 6.18. The van der Waals surface area contributed by atoms with Crippen LogP contribution < -0.4 is 5.56 Å². The van der Waals surface area contributed by atoms with Crippen molar-refractivity contribution in [1.82, 2.24) is 14.5 Å². The van der Waals surface area contributed by atoms with E-state index in [4.69, 9.17) is 4.74 Å². The average Bonchev–Trinajstić information content (AvgIpc) is 3.13. The lowest BCUT2D eigenvalue weighted by molar-refractivity contribution is -0.193. The van der Waals surface area contributed by atoms with Crippen LogP contribution in [-0.4, -0.2) is 64.0 Å². The number of hydrogen-bond acceptors (Lipinski definition) is 7. The van der Waals surface area contributed by atoms with E-state index < -0.39 is 35.0 Å². The van der Waals surface area contributed by atoms with E-state index in [1.807, 2.05) is 25.2 Å². The minimum atomic E-state index is -5.43. The van der Waals surface area contributed by atoms with Crippen molar-refractivity contribution >= 4 is 22.8 Å². The number of benzene rings is 1. The first-order valence-corrected chi connectivity index (χ1v) is 11.2. The Balaban J connectivity index is 1.71. The molecule has 0 saturated carbocycles. The Morgan fingerprint density at radius 1 is 1.19 bits per heavy atom. The number of carbonyl (C=O) groups excluding carboxylic acids is 2. The SMILES string of the molecule is CCc1c(-c2ccc3c(c2)cc(CN2CCOCC2)n3C)[nH]c(=O)c(C(=O)OC(=O)C(F)(F)F)c1O. The van der Waals surface area contributed by atoms with Crippen LogP contribution in [0.3, 0.4) is 0 Å². The number of aryl methyl sites for hydroxylation is 1. The van der Waals surface area contributed by atoms with Crippen LogP contribution in [0.1, 0.15) is 28.5 Å². The van der Waals surface area contributed by atoms with Gasteiger partial charge in [0.1, 0.15) is 5.75 Å². The first-order valence-electron chi connectivity index (χ1n) is 11.2. The van der Waals surface area contributed by atoms with Gasteiger partial charge in [-0.2, -0.15) is 13.2 Å². The predicted octanol–water partition coefficient (Wildman–Crippen LogP) is 2.88. The number of aromatic hydroxyl groups is 1. The number of halogens is 3. The van der Waals surface area contributed by atoms with Crippen molar-refractivity contribution in [3.63, 3.8) is 0 Å². The number of alkyl halides is 3. The van der Waals surface area contributed by atoms with Gasteiger partial charge in [0.25, 0.3) is 5.56 Å². The number of morpholine rings is 1. The van der Waals surface area contributed by atoms with Gasteiger partial charge < -0.3 is 24.1 Å². The van der Waals surface area contributed by atoms with Crippen molar-refractivity contribution in [2.45, 2.75) is 26.1 Å². The van der Waals surface area contributed by atoms with Crippen molar-refractivity contribution in [2.75, 3.05) is 26.3 Å². The molecule has 1 aliphatic heterocycles. The number of H-pyrrole nitrogens is 1. The minimum absolute atomic E-state index is 0.116. The van der Waals surface area contributed by atoms with Crippen LogP contribution in [0.15, 0.2) is 29.1 Å². The molecule has 3 aromatic rings. The second-order valence-electron chi connectivity index (χ2n) is 8.42. The fourth-order valence-corrected chi connectivity index (χ4v) is 4.30. The molecule has 0 unspecified atom stereocenters. The zero-order valence-electron chi connectivity index (χ0n) is 19.6.